The number of nitrogens with zero attached hydrogens (tertiary/aromatic N) is 2. The Labute approximate surface area is 171 Å². The largest absolute Gasteiger partial charge is 0.497 e. The molecule has 0 atom stereocenters. The van der Waals surface area contributed by atoms with Crippen molar-refractivity contribution in [3.05, 3.63) is 82.8 Å². The molecule has 4 nitrogen and oxygen atoms in total. The van der Waals surface area contributed by atoms with Crippen LogP contribution in [0.25, 0.3) is 28.6 Å². The molecular weight excluding hydrogens is 416 g/mol. The van der Waals surface area contributed by atoms with Gasteiger partial charge in [0.1, 0.15) is 11.3 Å². The maximum Gasteiger partial charge on any atom is 0.227 e. The molecule has 0 saturated heterocycles. The molecule has 3 aromatic carbocycles. The lowest BCUT2D eigenvalue weighted by molar-refractivity contribution is 0.415. The van der Waals surface area contributed by atoms with Crippen molar-refractivity contribution < 1.29 is 9.15 Å². The number of methoxy groups -OCH3 is 1. The van der Waals surface area contributed by atoms with Crippen LogP contribution < -0.4 is 4.74 Å². The fourth-order valence-electron chi connectivity index (χ4n) is 2.71. The van der Waals surface area contributed by atoms with Crippen LogP contribution in [0, 0.1) is 0 Å². The smallest absolute Gasteiger partial charge is 0.227 e. The van der Waals surface area contributed by atoms with E-state index in [-0.39, 0.29) is 0 Å². The van der Waals surface area contributed by atoms with Gasteiger partial charge in [0.15, 0.2) is 5.58 Å². The van der Waals surface area contributed by atoms with Gasteiger partial charge in [-0.3, -0.25) is 4.99 Å². The molecule has 0 amide bonds. The summed E-state index contributed by atoms with van der Waals surface area (Å²) < 4.78 is 12.1. The topological polar surface area (TPSA) is 47.6 Å². The quantitative estimate of drug-likeness (QED) is 0.330. The fraction of sp³-hybridized carbons (Fsp3) is 0.0435. The lowest BCUT2D eigenvalue weighted by atomic mass is 10.2. The van der Waals surface area contributed by atoms with Gasteiger partial charge in [0.25, 0.3) is 0 Å². The molecule has 0 aliphatic heterocycles. The summed E-state index contributed by atoms with van der Waals surface area (Å²) in [6, 6.07) is 21.4. The molecule has 0 aliphatic carbocycles. The first kappa shape index (κ1) is 18.2. The van der Waals surface area contributed by atoms with Crippen molar-refractivity contribution in [2.75, 3.05) is 7.11 Å². The molecule has 0 unspecified atom stereocenters. The van der Waals surface area contributed by atoms with E-state index in [2.05, 4.69) is 25.9 Å². The Bertz CT molecular complexity index is 1140. The van der Waals surface area contributed by atoms with Crippen LogP contribution >= 0.6 is 15.9 Å². The number of benzene rings is 3. The Balaban J connectivity index is 1.51. The van der Waals surface area contributed by atoms with Gasteiger partial charge < -0.3 is 9.15 Å². The zero-order chi connectivity index (χ0) is 19.3. The van der Waals surface area contributed by atoms with Crippen molar-refractivity contribution >= 4 is 45.0 Å². The van der Waals surface area contributed by atoms with E-state index < -0.39 is 0 Å². The number of fused-ring (bicyclic) bond motifs is 1. The summed E-state index contributed by atoms with van der Waals surface area (Å²) in [6.07, 6.45) is 5.69. The number of rotatable bonds is 5. The summed E-state index contributed by atoms with van der Waals surface area (Å²) in [5.41, 5.74) is 4.35. The average molecular weight is 433 g/mol. The maximum atomic E-state index is 5.85. The highest BCUT2D eigenvalue weighted by molar-refractivity contribution is 9.10. The van der Waals surface area contributed by atoms with Crippen molar-refractivity contribution in [2.24, 2.45) is 4.99 Å². The number of oxazole rings is 1. The summed E-state index contributed by atoms with van der Waals surface area (Å²) in [5.74, 6) is 1.38. The van der Waals surface area contributed by atoms with E-state index in [1.807, 2.05) is 78.9 Å². The summed E-state index contributed by atoms with van der Waals surface area (Å²) in [4.78, 5) is 9.05. The molecule has 0 aliphatic rings. The third-order valence-electron chi connectivity index (χ3n) is 4.18. The molecule has 0 fully saturated rings. The molecule has 1 aromatic heterocycles. The maximum absolute atomic E-state index is 5.85. The summed E-state index contributed by atoms with van der Waals surface area (Å²) in [6.45, 7) is 0. The van der Waals surface area contributed by atoms with Gasteiger partial charge in [-0.25, -0.2) is 4.98 Å². The molecule has 4 aromatic rings. The van der Waals surface area contributed by atoms with Gasteiger partial charge in [-0.1, -0.05) is 34.1 Å². The molecule has 4 rings (SSSR count). The zero-order valence-corrected chi connectivity index (χ0v) is 16.8. The lowest BCUT2D eigenvalue weighted by Crippen LogP contribution is -1.82. The minimum Gasteiger partial charge on any atom is -0.497 e. The van der Waals surface area contributed by atoms with E-state index in [1.54, 1.807) is 13.3 Å². The number of hydrogen-bond acceptors (Lipinski definition) is 4. The highest BCUT2D eigenvalue weighted by atomic mass is 79.9. The summed E-state index contributed by atoms with van der Waals surface area (Å²) in [5, 5.41) is 0. The van der Waals surface area contributed by atoms with E-state index >= 15 is 0 Å². The second-order valence-electron chi connectivity index (χ2n) is 6.09. The van der Waals surface area contributed by atoms with Crippen LogP contribution in [0.1, 0.15) is 5.56 Å². The Morgan fingerprint density at radius 2 is 1.79 bits per heavy atom. The number of aliphatic imine (C=N–C) groups is 1. The highest BCUT2D eigenvalue weighted by Crippen LogP contribution is 2.28. The van der Waals surface area contributed by atoms with E-state index in [0.717, 1.165) is 38.1 Å². The standard InChI is InChI=1S/C23H17BrN2O2/c1-27-20-11-6-17(7-12-20)23-26-21-15-19(10-13-22(21)28-23)25-14-2-3-16-4-8-18(24)9-5-16/h2-15H,1H3. The molecule has 1 heterocycles. The number of aromatic nitrogens is 1. The van der Waals surface area contributed by atoms with Crippen molar-refractivity contribution in [1.29, 1.82) is 0 Å². The molecule has 138 valence electrons. The molecule has 0 saturated carbocycles. The zero-order valence-electron chi connectivity index (χ0n) is 15.2. The Morgan fingerprint density at radius 3 is 2.54 bits per heavy atom. The second-order valence-corrected chi connectivity index (χ2v) is 7.00. The molecule has 5 heteroatoms. The SMILES string of the molecule is COc1ccc(-c2nc3cc(N=CC=Cc4ccc(Br)cc4)ccc3o2)cc1. The summed E-state index contributed by atoms with van der Waals surface area (Å²) in [7, 11) is 1.64. The molecular formula is C23H17BrN2O2. The predicted molar refractivity (Wildman–Crippen MR) is 117 cm³/mol. The van der Waals surface area contributed by atoms with Crippen molar-refractivity contribution in [3.8, 4) is 17.2 Å². The van der Waals surface area contributed by atoms with Gasteiger partial charge in [-0.15, -0.1) is 0 Å². The first-order valence-electron chi connectivity index (χ1n) is 8.72. The predicted octanol–water partition coefficient (Wildman–Crippen LogP) is 6.68. The number of halogens is 1. The van der Waals surface area contributed by atoms with E-state index in [1.165, 1.54) is 0 Å². The van der Waals surface area contributed by atoms with Gasteiger partial charge >= 0.3 is 0 Å². The van der Waals surface area contributed by atoms with Crippen LogP contribution in [0.5, 0.6) is 5.75 Å². The molecule has 28 heavy (non-hydrogen) atoms. The van der Waals surface area contributed by atoms with Crippen LogP contribution in [0.2, 0.25) is 0 Å². The van der Waals surface area contributed by atoms with E-state index in [0.29, 0.717) is 5.89 Å². The first-order chi connectivity index (χ1) is 13.7. The summed E-state index contributed by atoms with van der Waals surface area (Å²) >= 11 is 3.43. The molecule has 0 bridgehead atoms. The highest BCUT2D eigenvalue weighted by Gasteiger charge is 2.08. The Kier molecular flexibility index (Phi) is 5.35. The van der Waals surface area contributed by atoms with Crippen molar-refractivity contribution in [2.45, 2.75) is 0 Å². The second kappa shape index (κ2) is 8.23. The minimum atomic E-state index is 0.578. The van der Waals surface area contributed by atoms with Gasteiger partial charge in [0.05, 0.1) is 12.8 Å². The van der Waals surface area contributed by atoms with Crippen molar-refractivity contribution in [3.63, 3.8) is 0 Å². The van der Waals surface area contributed by atoms with Gasteiger partial charge in [0, 0.05) is 16.3 Å². The normalized spacial score (nSPS) is 11.6. The van der Waals surface area contributed by atoms with Crippen LogP contribution in [0.3, 0.4) is 0 Å². The molecule has 0 N–H and O–H groups in total. The van der Waals surface area contributed by atoms with E-state index in [9.17, 15) is 0 Å². The number of ether oxygens (including phenoxy) is 1. The van der Waals surface area contributed by atoms with Gasteiger partial charge in [0.2, 0.25) is 5.89 Å². The third-order valence-corrected chi connectivity index (χ3v) is 4.71. The lowest BCUT2D eigenvalue weighted by Gasteiger charge is -1.99. The Hall–Kier alpha value is -3.18. The van der Waals surface area contributed by atoms with Crippen LogP contribution in [0.4, 0.5) is 5.69 Å². The Morgan fingerprint density at radius 1 is 1.00 bits per heavy atom. The number of hydrogen-bond donors (Lipinski definition) is 0. The van der Waals surface area contributed by atoms with Gasteiger partial charge in [-0.05, 0) is 66.2 Å². The first-order valence-corrected chi connectivity index (χ1v) is 9.52. The molecule has 0 spiro atoms. The number of allylic oxidation sites excluding steroid dienone is 1. The van der Waals surface area contributed by atoms with Crippen molar-refractivity contribution in [1.82, 2.24) is 4.98 Å². The fourth-order valence-corrected chi connectivity index (χ4v) is 2.97. The minimum absolute atomic E-state index is 0.578. The van der Waals surface area contributed by atoms with E-state index in [4.69, 9.17) is 9.15 Å². The molecule has 0 radical (unpaired) electrons. The van der Waals surface area contributed by atoms with Crippen LogP contribution in [-0.4, -0.2) is 18.3 Å². The third kappa shape index (κ3) is 4.21. The van der Waals surface area contributed by atoms with Crippen LogP contribution in [-0.2, 0) is 0 Å². The average Bonchev–Trinajstić information content (AvgIpc) is 3.16. The monoisotopic (exact) mass is 432 g/mol. The van der Waals surface area contributed by atoms with Crippen LogP contribution in [0.15, 0.2) is 86.7 Å². The van der Waals surface area contributed by atoms with Gasteiger partial charge in [-0.2, -0.15) is 0 Å².